The highest BCUT2D eigenvalue weighted by atomic mass is 32.2. The molecule has 0 N–H and O–H groups in total. The first-order valence-electron chi connectivity index (χ1n) is 6.96. The van der Waals surface area contributed by atoms with Crippen LogP contribution >= 0.6 is 0 Å². The van der Waals surface area contributed by atoms with Crippen molar-refractivity contribution in [3.63, 3.8) is 0 Å². The van der Waals surface area contributed by atoms with Gasteiger partial charge in [-0.15, -0.1) is 0 Å². The lowest BCUT2D eigenvalue weighted by Gasteiger charge is -2.08. The monoisotopic (exact) mass is 297 g/mol. The third kappa shape index (κ3) is 1.87. The number of rotatable bonds is 2. The number of fused-ring (bicyclic) bond motifs is 3. The minimum atomic E-state index is -3.43. The van der Waals surface area contributed by atoms with Crippen LogP contribution in [0.15, 0.2) is 59.5 Å². The number of hydrogen-bond donors (Lipinski definition) is 0. The maximum atomic E-state index is 12.8. The van der Waals surface area contributed by atoms with Crippen molar-refractivity contribution >= 4 is 16.1 Å². The van der Waals surface area contributed by atoms with E-state index in [-0.39, 0.29) is 12.1 Å². The van der Waals surface area contributed by atoms with Gasteiger partial charge in [-0.05, 0) is 30.2 Å². The summed E-state index contributed by atoms with van der Waals surface area (Å²) in [5.41, 5.74) is 3.27. The minimum Gasteiger partial charge on any atom is -0.207 e. The van der Waals surface area contributed by atoms with E-state index in [1.54, 1.807) is 16.4 Å². The first-order valence-corrected chi connectivity index (χ1v) is 8.40. The van der Waals surface area contributed by atoms with Gasteiger partial charge in [0.25, 0.3) is 0 Å². The fourth-order valence-electron chi connectivity index (χ4n) is 3.02. The molecule has 0 spiro atoms. The molecule has 3 nitrogen and oxygen atoms in total. The van der Waals surface area contributed by atoms with E-state index in [0.717, 1.165) is 16.7 Å². The molecule has 0 bridgehead atoms. The lowest BCUT2D eigenvalue weighted by atomic mass is 9.98. The van der Waals surface area contributed by atoms with E-state index in [9.17, 15) is 8.42 Å². The van der Waals surface area contributed by atoms with Gasteiger partial charge in [-0.3, -0.25) is 0 Å². The molecule has 3 atom stereocenters. The average molecular weight is 297 g/mol. The van der Waals surface area contributed by atoms with Crippen molar-refractivity contribution in [3.8, 4) is 0 Å². The molecule has 2 aromatic rings. The molecule has 2 aromatic carbocycles. The Morgan fingerprint density at radius 2 is 1.71 bits per heavy atom. The molecule has 106 valence electrons. The smallest absolute Gasteiger partial charge is 0.207 e. The quantitative estimate of drug-likeness (QED) is 0.799. The van der Waals surface area contributed by atoms with Crippen LogP contribution in [-0.4, -0.2) is 18.8 Å². The van der Waals surface area contributed by atoms with Crippen LogP contribution in [0.4, 0.5) is 0 Å². The molecule has 1 aliphatic carbocycles. The van der Waals surface area contributed by atoms with Crippen molar-refractivity contribution in [2.24, 2.45) is 0 Å². The van der Waals surface area contributed by atoms with Crippen LogP contribution in [0, 0.1) is 6.92 Å². The first-order chi connectivity index (χ1) is 10.1. The van der Waals surface area contributed by atoms with Crippen LogP contribution in [0.2, 0.25) is 0 Å². The highest BCUT2D eigenvalue weighted by molar-refractivity contribution is 7.89. The summed E-state index contributed by atoms with van der Waals surface area (Å²) in [6.07, 6.45) is 4.00. The molecule has 4 rings (SSSR count). The molecule has 21 heavy (non-hydrogen) atoms. The third-order valence-corrected chi connectivity index (χ3v) is 6.08. The lowest BCUT2D eigenvalue weighted by molar-refractivity contribution is 0.551. The topological polar surface area (TPSA) is 37.1 Å². The van der Waals surface area contributed by atoms with Gasteiger partial charge in [0, 0.05) is 0 Å². The maximum Gasteiger partial charge on any atom is 0.244 e. The molecule has 1 unspecified atom stereocenters. The van der Waals surface area contributed by atoms with Gasteiger partial charge in [0.2, 0.25) is 10.0 Å². The second-order valence-corrected chi connectivity index (χ2v) is 7.41. The van der Waals surface area contributed by atoms with Crippen molar-refractivity contribution in [1.29, 1.82) is 0 Å². The number of nitrogens with zero attached hydrogens (tertiary/aromatic N) is 1. The highest BCUT2D eigenvalue weighted by Gasteiger charge is 2.56. The summed E-state index contributed by atoms with van der Waals surface area (Å²) in [7, 11) is -3.43. The SMILES string of the molecule is Cc1ccc(S(=O)(=O)N2[C@@H]3c4ccccc4C=C[C@@H]32)cc1. The van der Waals surface area contributed by atoms with Crippen LogP contribution in [-0.2, 0) is 10.0 Å². The Kier molecular flexibility index (Phi) is 2.62. The van der Waals surface area contributed by atoms with Gasteiger partial charge in [-0.2, -0.15) is 4.31 Å². The Balaban J connectivity index is 1.74. The first kappa shape index (κ1) is 12.8. The van der Waals surface area contributed by atoms with Gasteiger partial charge in [-0.1, -0.05) is 54.1 Å². The summed E-state index contributed by atoms with van der Waals surface area (Å²) in [5.74, 6) is 0. The van der Waals surface area contributed by atoms with E-state index in [1.165, 1.54) is 0 Å². The average Bonchev–Trinajstić information content (AvgIpc) is 3.23. The van der Waals surface area contributed by atoms with Crippen LogP contribution in [0.25, 0.3) is 6.08 Å². The van der Waals surface area contributed by atoms with Crippen molar-refractivity contribution in [1.82, 2.24) is 4.31 Å². The summed E-state index contributed by atoms with van der Waals surface area (Å²) >= 11 is 0. The summed E-state index contributed by atoms with van der Waals surface area (Å²) in [4.78, 5) is 0.369. The van der Waals surface area contributed by atoms with Crippen LogP contribution in [0.1, 0.15) is 22.7 Å². The van der Waals surface area contributed by atoms with Crippen LogP contribution < -0.4 is 0 Å². The van der Waals surface area contributed by atoms with Gasteiger partial charge in [0.1, 0.15) is 0 Å². The normalized spacial score (nSPS) is 26.0. The predicted octanol–water partition coefficient (Wildman–Crippen LogP) is 3.14. The van der Waals surface area contributed by atoms with Gasteiger partial charge in [0.05, 0.1) is 17.0 Å². The molecular weight excluding hydrogens is 282 g/mol. The van der Waals surface area contributed by atoms with E-state index in [1.807, 2.05) is 55.5 Å². The number of hydrogen-bond acceptors (Lipinski definition) is 2. The van der Waals surface area contributed by atoms with Gasteiger partial charge >= 0.3 is 0 Å². The second-order valence-electron chi connectivity index (χ2n) is 5.57. The molecule has 4 heteroatoms. The Morgan fingerprint density at radius 3 is 2.48 bits per heavy atom. The van der Waals surface area contributed by atoms with Crippen molar-refractivity contribution < 1.29 is 8.42 Å². The van der Waals surface area contributed by atoms with Crippen molar-refractivity contribution in [2.75, 3.05) is 0 Å². The standard InChI is InChI=1S/C17H15NO2S/c1-12-6-9-14(10-7-12)21(19,20)18-16-11-8-13-4-2-3-5-15(13)17(16)18/h2-11,16-17H,1H3/t16-,17+,18?/m0/s1. The molecular formula is C17H15NO2S. The molecule has 0 radical (unpaired) electrons. The largest absolute Gasteiger partial charge is 0.244 e. The fraction of sp³-hybridized carbons (Fsp3) is 0.176. The molecule has 0 amide bonds. The molecule has 0 saturated carbocycles. The number of benzene rings is 2. The van der Waals surface area contributed by atoms with Crippen LogP contribution in [0.5, 0.6) is 0 Å². The molecule has 1 aliphatic heterocycles. The van der Waals surface area contributed by atoms with Gasteiger partial charge in [-0.25, -0.2) is 8.42 Å². The summed E-state index contributed by atoms with van der Waals surface area (Å²) in [6, 6.07) is 14.9. The second kappa shape index (κ2) is 4.29. The van der Waals surface area contributed by atoms with E-state index >= 15 is 0 Å². The van der Waals surface area contributed by atoms with Gasteiger partial charge in [0.15, 0.2) is 0 Å². The van der Waals surface area contributed by atoms with Crippen molar-refractivity contribution in [3.05, 3.63) is 71.3 Å². The maximum absolute atomic E-state index is 12.8. The molecule has 1 fully saturated rings. The Bertz CT molecular complexity index is 837. The zero-order valence-electron chi connectivity index (χ0n) is 11.6. The number of aryl methyl sites for hydroxylation is 1. The Morgan fingerprint density at radius 1 is 1.00 bits per heavy atom. The third-order valence-electron chi connectivity index (χ3n) is 4.19. The van der Waals surface area contributed by atoms with Crippen LogP contribution in [0.3, 0.4) is 0 Å². The lowest BCUT2D eigenvalue weighted by Crippen LogP contribution is -2.14. The van der Waals surface area contributed by atoms with E-state index in [0.29, 0.717) is 4.90 Å². The molecule has 1 heterocycles. The Hall–Kier alpha value is -1.91. The number of sulfonamides is 1. The predicted molar refractivity (Wildman–Crippen MR) is 82.2 cm³/mol. The van der Waals surface area contributed by atoms with Gasteiger partial charge < -0.3 is 0 Å². The Labute approximate surface area is 124 Å². The molecule has 2 aliphatic rings. The van der Waals surface area contributed by atoms with E-state index in [4.69, 9.17) is 0 Å². The fourth-order valence-corrected chi connectivity index (χ4v) is 4.73. The zero-order valence-corrected chi connectivity index (χ0v) is 12.4. The summed E-state index contributed by atoms with van der Waals surface area (Å²) in [6.45, 7) is 1.95. The van der Waals surface area contributed by atoms with E-state index in [2.05, 4.69) is 0 Å². The minimum absolute atomic E-state index is 0.0359. The summed E-state index contributed by atoms with van der Waals surface area (Å²) in [5, 5.41) is 0. The molecule has 0 aromatic heterocycles. The zero-order chi connectivity index (χ0) is 14.6. The highest BCUT2D eigenvalue weighted by Crippen LogP contribution is 2.51. The van der Waals surface area contributed by atoms with E-state index < -0.39 is 10.0 Å². The van der Waals surface area contributed by atoms with Crippen molar-refractivity contribution in [2.45, 2.75) is 23.9 Å². The summed E-state index contributed by atoms with van der Waals surface area (Å²) < 4.78 is 27.1. The molecule has 1 saturated heterocycles.